The van der Waals surface area contributed by atoms with Crippen molar-refractivity contribution in [2.45, 2.75) is 6.92 Å². The topological polar surface area (TPSA) is 70.8 Å². The summed E-state index contributed by atoms with van der Waals surface area (Å²) in [5.74, 6) is 0.266. The number of hydrazone groups is 1. The quantitative estimate of drug-likeness (QED) is 0.638. The molecule has 0 aliphatic carbocycles. The third-order valence-electron chi connectivity index (χ3n) is 2.51. The van der Waals surface area contributed by atoms with Crippen molar-refractivity contribution >= 4 is 11.4 Å². The molecule has 0 radical (unpaired) electrons. The van der Waals surface area contributed by atoms with E-state index in [1.165, 1.54) is 0 Å². The Kier molecular flexibility index (Phi) is 3.09. The summed E-state index contributed by atoms with van der Waals surface area (Å²) in [7, 11) is 0. The van der Waals surface area contributed by atoms with E-state index in [1.807, 2.05) is 30.3 Å². The van der Waals surface area contributed by atoms with Gasteiger partial charge in [-0.15, -0.1) is 0 Å². The molecule has 6 nitrogen and oxygen atoms in total. The van der Waals surface area contributed by atoms with Crippen LogP contribution in [-0.4, -0.2) is 10.6 Å². The molecular formula is C12H12N4O2. The van der Waals surface area contributed by atoms with Gasteiger partial charge in [0.1, 0.15) is 0 Å². The average Bonchev–Trinajstić information content (AvgIpc) is 2.35. The molecule has 0 bridgehead atoms. The van der Waals surface area contributed by atoms with E-state index in [4.69, 9.17) is 0 Å². The molecule has 0 atom stereocenters. The van der Waals surface area contributed by atoms with Gasteiger partial charge >= 0.3 is 0 Å². The normalized spacial score (nSPS) is 17.4. The second-order valence-electron chi connectivity index (χ2n) is 3.73. The highest BCUT2D eigenvalue weighted by Crippen LogP contribution is 2.25. The van der Waals surface area contributed by atoms with Crippen LogP contribution < -0.4 is 10.3 Å². The fourth-order valence-corrected chi connectivity index (χ4v) is 1.62. The zero-order valence-electron chi connectivity index (χ0n) is 9.83. The molecule has 1 aromatic rings. The molecule has 0 aromatic heterocycles. The summed E-state index contributed by atoms with van der Waals surface area (Å²) in [6.07, 6.45) is 0.869. The first-order chi connectivity index (χ1) is 8.59. The first-order valence-corrected chi connectivity index (χ1v) is 5.29. The number of nitro groups is 1. The molecule has 18 heavy (non-hydrogen) atoms. The minimum absolute atomic E-state index is 0.266. The number of para-hydroxylation sites is 1. The highest BCUT2D eigenvalue weighted by Gasteiger charge is 2.23. The lowest BCUT2D eigenvalue weighted by atomic mass is 10.2. The maximum absolute atomic E-state index is 10.6. The van der Waals surface area contributed by atoms with Crippen LogP contribution in [0.25, 0.3) is 0 Å². The number of anilines is 1. The van der Waals surface area contributed by atoms with Gasteiger partial charge in [-0.25, -0.2) is 0 Å². The van der Waals surface area contributed by atoms with Crippen molar-refractivity contribution < 1.29 is 4.92 Å². The van der Waals surface area contributed by atoms with Gasteiger partial charge in [0.2, 0.25) is 5.82 Å². The molecule has 6 heteroatoms. The largest absolute Gasteiger partial charge is 0.289 e. The third kappa shape index (κ3) is 2.22. The van der Waals surface area contributed by atoms with Crippen molar-refractivity contribution in [3.63, 3.8) is 0 Å². The van der Waals surface area contributed by atoms with E-state index in [2.05, 4.69) is 17.1 Å². The molecule has 0 unspecified atom stereocenters. The fraction of sp³-hybridized carbons (Fsp3) is 0.0833. The Morgan fingerprint density at radius 1 is 1.44 bits per heavy atom. The van der Waals surface area contributed by atoms with E-state index >= 15 is 0 Å². The summed E-state index contributed by atoms with van der Waals surface area (Å²) < 4.78 is 0. The van der Waals surface area contributed by atoms with Crippen molar-refractivity contribution in [3.05, 3.63) is 64.7 Å². The van der Waals surface area contributed by atoms with Gasteiger partial charge in [0.05, 0.1) is 16.3 Å². The van der Waals surface area contributed by atoms with Crippen molar-refractivity contribution in [3.8, 4) is 0 Å². The van der Waals surface area contributed by atoms with Crippen molar-refractivity contribution in [1.29, 1.82) is 0 Å². The predicted molar refractivity (Wildman–Crippen MR) is 69.4 cm³/mol. The Balaban J connectivity index is 2.48. The summed E-state index contributed by atoms with van der Waals surface area (Å²) in [6.45, 7) is 5.69. The molecule has 0 saturated carbocycles. The summed E-state index contributed by atoms with van der Waals surface area (Å²) in [6, 6.07) is 9.28. The second-order valence-corrected chi connectivity index (χ2v) is 3.73. The highest BCUT2D eigenvalue weighted by molar-refractivity contribution is 6.02. The van der Waals surface area contributed by atoms with Crippen LogP contribution in [0.3, 0.4) is 0 Å². The number of nitrogens with zero attached hydrogens (tertiary/aromatic N) is 3. The summed E-state index contributed by atoms with van der Waals surface area (Å²) in [5, 5.41) is 14.6. The average molecular weight is 244 g/mol. The van der Waals surface area contributed by atoms with Gasteiger partial charge in [-0.1, -0.05) is 24.8 Å². The first-order valence-electron chi connectivity index (χ1n) is 5.29. The molecule has 1 aliphatic heterocycles. The monoisotopic (exact) mass is 244 g/mol. The van der Waals surface area contributed by atoms with Crippen LogP contribution in [0.5, 0.6) is 0 Å². The Morgan fingerprint density at radius 2 is 2.11 bits per heavy atom. The Labute approximate surface area is 104 Å². The number of nitrogens with one attached hydrogen (secondary N) is 1. The van der Waals surface area contributed by atoms with Crippen LogP contribution in [0, 0.1) is 10.1 Å². The van der Waals surface area contributed by atoms with E-state index in [1.54, 1.807) is 11.8 Å². The Hall–Kier alpha value is -2.63. The number of hydrogen-bond donors (Lipinski definition) is 1. The van der Waals surface area contributed by atoms with Crippen LogP contribution in [0.2, 0.25) is 0 Å². The molecule has 92 valence electrons. The second kappa shape index (κ2) is 4.70. The van der Waals surface area contributed by atoms with Gasteiger partial charge in [-0.05, 0) is 19.1 Å². The van der Waals surface area contributed by atoms with Gasteiger partial charge in [0, 0.05) is 5.69 Å². The predicted octanol–water partition coefficient (Wildman–Crippen LogP) is 2.06. The van der Waals surface area contributed by atoms with Crippen molar-refractivity contribution in [2.24, 2.45) is 5.10 Å². The van der Waals surface area contributed by atoms with Crippen LogP contribution >= 0.6 is 0 Å². The Bertz CT molecular complexity index is 548. The van der Waals surface area contributed by atoms with E-state index in [0.29, 0.717) is 11.4 Å². The van der Waals surface area contributed by atoms with Crippen LogP contribution in [0.4, 0.5) is 5.69 Å². The Morgan fingerprint density at radius 3 is 2.72 bits per heavy atom. The van der Waals surface area contributed by atoms with Crippen LogP contribution in [-0.2, 0) is 0 Å². The lowest BCUT2D eigenvalue weighted by Gasteiger charge is -2.30. The number of hydrogen-bond acceptors (Lipinski definition) is 5. The van der Waals surface area contributed by atoms with E-state index < -0.39 is 4.92 Å². The molecule has 1 aliphatic rings. The summed E-state index contributed by atoms with van der Waals surface area (Å²) in [4.78, 5) is 11.7. The lowest BCUT2D eigenvalue weighted by molar-refractivity contribution is -0.403. The van der Waals surface area contributed by atoms with E-state index in [-0.39, 0.29) is 5.82 Å². The third-order valence-corrected chi connectivity index (χ3v) is 2.51. The minimum Gasteiger partial charge on any atom is -0.289 e. The molecule has 1 N–H and O–H groups in total. The first kappa shape index (κ1) is 11.8. The van der Waals surface area contributed by atoms with E-state index in [0.717, 1.165) is 11.9 Å². The zero-order valence-corrected chi connectivity index (χ0v) is 9.83. The molecular weight excluding hydrogens is 232 g/mol. The molecule has 1 aromatic carbocycles. The standard InChI is InChI=1S/C12H12N4O2/c1-9-10(2)16(11-6-4-3-5-7-11)12(14-13-9)8-15(17)18/h3-8,14H,2H2,1H3/b12-8+. The number of benzene rings is 1. The number of allylic oxidation sites excluding steroid dienone is 1. The van der Waals surface area contributed by atoms with Crippen molar-refractivity contribution in [2.75, 3.05) is 4.90 Å². The number of rotatable bonds is 2. The summed E-state index contributed by atoms with van der Waals surface area (Å²) >= 11 is 0. The van der Waals surface area contributed by atoms with Gasteiger partial charge in [-0.3, -0.25) is 20.4 Å². The van der Waals surface area contributed by atoms with Gasteiger partial charge in [-0.2, -0.15) is 5.10 Å². The maximum Gasteiger partial charge on any atom is 0.276 e. The molecule has 2 rings (SSSR count). The van der Waals surface area contributed by atoms with Crippen LogP contribution in [0.15, 0.2) is 59.7 Å². The lowest BCUT2D eigenvalue weighted by Crippen LogP contribution is -2.36. The maximum atomic E-state index is 10.6. The molecule has 0 spiro atoms. The van der Waals surface area contributed by atoms with Crippen LogP contribution in [0.1, 0.15) is 6.92 Å². The smallest absolute Gasteiger partial charge is 0.276 e. The summed E-state index contributed by atoms with van der Waals surface area (Å²) in [5.41, 5.74) is 4.73. The molecule has 0 saturated heterocycles. The van der Waals surface area contributed by atoms with Gasteiger partial charge < -0.3 is 0 Å². The molecule has 0 amide bonds. The molecule has 0 fully saturated rings. The van der Waals surface area contributed by atoms with Crippen molar-refractivity contribution in [1.82, 2.24) is 5.43 Å². The highest BCUT2D eigenvalue weighted by atomic mass is 16.6. The molecule has 1 heterocycles. The minimum atomic E-state index is -0.526. The fourth-order valence-electron chi connectivity index (χ4n) is 1.62. The van der Waals surface area contributed by atoms with E-state index in [9.17, 15) is 10.1 Å². The van der Waals surface area contributed by atoms with Gasteiger partial charge in [0.25, 0.3) is 6.20 Å². The SMILES string of the molecule is C=C1C(C)=NN/C(=C\[N+](=O)[O-])N1c1ccccc1. The van der Waals surface area contributed by atoms with Gasteiger partial charge in [0.15, 0.2) is 0 Å². The zero-order chi connectivity index (χ0) is 13.1.